The molecule has 0 bridgehead atoms. The molecule has 0 radical (unpaired) electrons. The summed E-state index contributed by atoms with van der Waals surface area (Å²) in [6.45, 7) is 1.93. The summed E-state index contributed by atoms with van der Waals surface area (Å²) in [5.41, 5.74) is 0.562. The van der Waals surface area contributed by atoms with Crippen LogP contribution in [0.2, 0.25) is 0 Å². The molecule has 0 spiro atoms. The van der Waals surface area contributed by atoms with Gasteiger partial charge in [0.2, 0.25) is 0 Å². The maximum atomic E-state index is 12.9. The van der Waals surface area contributed by atoms with Gasteiger partial charge in [-0.2, -0.15) is 0 Å². The van der Waals surface area contributed by atoms with E-state index in [0.29, 0.717) is 11.8 Å². The van der Waals surface area contributed by atoms with Crippen LogP contribution in [0.1, 0.15) is 22.8 Å². The van der Waals surface area contributed by atoms with E-state index in [9.17, 15) is 14.0 Å². The Labute approximate surface area is 92.5 Å². The fraction of sp³-hybridized carbons (Fsp3) is 0.167. The fourth-order valence-corrected chi connectivity index (χ4v) is 1.21. The minimum Gasteiger partial charge on any atom is -0.462 e. The molecule has 0 heterocycles. The molecule has 1 aromatic rings. The molecule has 16 heavy (non-hydrogen) atoms. The van der Waals surface area contributed by atoms with E-state index in [1.165, 1.54) is 30.4 Å². The summed E-state index contributed by atoms with van der Waals surface area (Å²) in [7, 11) is 0. The maximum Gasteiger partial charge on any atom is 0.338 e. The number of carbonyl (C=O) groups excluding carboxylic acids is 2. The highest BCUT2D eigenvalue weighted by molar-refractivity contribution is 5.94. The van der Waals surface area contributed by atoms with Crippen molar-refractivity contribution < 1.29 is 18.7 Å². The molecule has 0 saturated carbocycles. The molecule has 0 aliphatic rings. The predicted octanol–water partition coefficient (Wildman–Crippen LogP) is 2.21. The molecule has 0 aliphatic heterocycles. The summed E-state index contributed by atoms with van der Waals surface area (Å²) in [6.07, 6.45) is 3.11. The molecule has 0 atom stereocenters. The van der Waals surface area contributed by atoms with Gasteiger partial charge in [0.25, 0.3) is 0 Å². The highest BCUT2D eigenvalue weighted by Gasteiger charge is 2.11. The van der Waals surface area contributed by atoms with Gasteiger partial charge in [-0.15, -0.1) is 0 Å². The highest BCUT2D eigenvalue weighted by Crippen LogP contribution is 2.14. The van der Waals surface area contributed by atoms with Crippen LogP contribution in [0.3, 0.4) is 0 Å². The number of esters is 1. The molecule has 0 aliphatic carbocycles. The van der Waals surface area contributed by atoms with Crippen LogP contribution >= 0.6 is 0 Å². The number of halogens is 1. The second kappa shape index (κ2) is 5.80. The van der Waals surface area contributed by atoms with E-state index in [2.05, 4.69) is 0 Å². The van der Waals surface area contributed by atoms with Crippen molar-refractivity contribution in [3.63, 3.8) is 0 Å². The second-order valence-electron chi connectivity index (χ2n) is 2.95. The lowest BCUT2D eigenvalue weighted by Crippen LogP contribution is -2.06. The number of ether oxygens (including phenoxy) is 1. The van der Waals surface area contributed by atoms with Gasteiger partial charge in [-0.25, -0.2) is 9.18 Å². The van der Waals surface area contributed by atoms with Crippen LogP contribution in [0.5, 0.6) is 0 Å². The number of hydrogen-bond donors (Lipinski definition) is 0. The monoisotopic (exact) mass is 222 g/mol. The number of hydrogen-bond acceptors (Lipinski definition) is 3. The number of rotatable bonds is 4. The summed E-state index contributed by atoms with van der Waals surface area (Å²) in [6, 6.07) is 3.68. The van der Waals surface area contributed by atoms with Crippen LogP contribution < -0.4 is 0 Å². The second-order valence-corrected chi connectivity index (χ2v) is 2.95. The Kier molecular flexibility index (Phi) is 4.39. The van der Waals surface area contributed by atoms with Crippen LogP contribution in [0, 0.1) is 5.82 Å². The Morgan fingerprint density at radius 1 is 1.50 bits per heavy atom. The third kappa shape index (κ3) is 3.02. The largest absolute Gasteiger partial charge is 0.462 e. The average molecular weight is 222 g/mol. The van der Waals surface area contributed by atoms with E-state index in [4.69, 9.17) is 4.74 Å². The molecule has 0 aromatic heterocycles. The lowest BCUT2D eigenvalue weighted by Gasteiger charge is -2.05. The van der Waals surface area contributed by atoms with Gasteiger partial charge in [-0.3, -0.25) is 4.79 Å². The van der Waals surface area contributed by atoms with E-state index < -0.39 is 11.8 Å². The lowest BCUT2D eigenvalue weighted by atomic mass is 10.1. The highest BCUT2D eigenvalue weighted by atomic mass is 19.1. The molecule has 0 amide bonds. The summed E-state index contributed by atoms with van der Waals surface area (Å²) in [4.78, 5) is 21.6. The molecule has 3 nitrogen and oxygen atoms in total. The zero-order valence-corrected chi connectivity index (χ0v) is 8.77. The summed E-state index contributed by atoms with van der Waals surface area (Å²) in [5, 5.41) is 0. The van der Waals surface area contributed by atoms with Crippen LogP contribution in [-0.4, -0.2) is 18.9 Å². The molecule has 1 aromatic carbocycles. The maximum absolute atomic E-state index is 12.9. The van der Waals surface area contributed by atoms with Gasteiger partial charge >= 0.3 is 5.97 Å². The predicted molar refractivity (Wildman–Crippen MR) is 57.5 cm³/mol. The van der Waals surface area contributed by atoms with Gasteiger partial charge < -0.3 is 4.74 Å². The minimum absolute atomic E-state index is 0.237. The van der Waals surface area contributed by atoms with Gasteiger partial charge in [0.15, 0.2) is 0 Å². The van der Waals surface area contributed by atoms with Crippen molar-refractivity contribution in [2.75, 3.05) is 6.61 Å². The third-order valence-electron chi connectivity index (χ3n) is 1.86. The Balaban J connectivity index is 3.11. The number of benzene rings is 1. The van der Waals surface area contributed by atoms with Crippen molar-refractivity contribution in [1.82, 2.24) is 0 Å². The Morgan fingerprint density at radius 3 is 2.88 bits per heavy atom. The topological polar surface area (TPSA) is 43.4 Å². The molecule has 1 rings (SSSR count). The van der Waals surface area contributed by atoms with Gasteiger partial charge in [-0.1, -0.05) is 6.08 Å². The first-order valence-electron chi connectivity index (χ1n) is 4.77. The summed E-state index contributed by atoms with van der Waals surface area (Å²) >= 11 is 0. The van der Waals surface area contributed by atoms with Crippen LogP contribution in [0.25, 0.3) is 6.08 Å². The van der Waals surface area contributed by atoms with Gasteiger partial charge in [0, 0.05) is 0 Å². The molecule has 0 saturated heterocycles. The molecule has 84 valence electrons. The summed E-state index contributed by atoms with van der Waals surface area (Å²) < 4.78 is 17.8. The third-order valence-corrected chi connectivity index (χ3v) is 1.86. The van der Waals surface area contributed by atoms with Gasteiger partial charge in [-0.05, 0) is 36.8 Å². The SMILES string of the molecule is CCOC(=O)c1ccc(F)cc1C=CC=O. The van der Waals surface area contributed by atoms with Crippen LogP contribution in [-0.2, 0) is 9.53 Å². The number of aldehydes is 1. The van der Waals surface area contributed by atoms with Crippen molar-refractivity contribution >= 4 is 18.3 Å². The van der Waals surface area contributed by atoms with Crippen molar-refractivity contribution in [1.29, 1.82) is 0 Å². The Hall–Kier alpha value is -1.97. The van der Waals surface area contributed by atoms with Crippen molar-refractivity contribution in [2.24, 2.45) is 0 Å². The van der Waals surface area contributed by atoms with Crippen molar-refractivity contribution in [3.8, 4) is 0 Å². The lowest BCUT2D eigenvalue weighted by molar-refractivity contribution is -0.104. The fourth-order valence-electron chi connectivity index (χ4n) is 1.21. The van der Waals surface area contributed by atoms with E-state index >= 15 is 0 Å². The Bertz CT molecular complexity index is 424. The normalized spacial score (nSPS) is 10.4. The number of carbonyl (C=O) groups is 2. The molecule has 0 unspecified atom stereocenters. The minimum atomic E-state index is -0.534. The van der Waals surface area contributed by atoms with Crippen molar-refractivity contribution in [3.05, 3.63) is 41.2 Å². The zero-order chi connectivity index (χ0) is 12.0. The smallest absolute Gasteiger partial charge is 0.338 e. The van der Waals surface area contributed by atoms with E-state index in [-0.39, 0.29) is 12.2 Å². The Morgan fingerprint density at radius 2 is 2.25 bits per heavy atom. The van der Waals surface area contributed by atoms with Crippen LogP contribution in [0.4, 0.5) is 4.39 Å². The van der Waals surface area contributed by atoms with Gasteiger partial charge in [0.1, 0.15) is 12.1 Å². The average Bonchev–Trinajstić information content (AvgIpc) is 2.26. The summed E-state index contributed by atoms with van der Waals surface area (Å²) in [5.74, 6) is -1.01. The first-order chi connectivity index (χ1) is 7.69. The van der Waals surface area contributed by atoms with E-state index in [1.807, 2.05) is 0 Å². The first-order valence-corrected chi connectivity index (χ1v) is 4.77. The first kappa shape index (κ1) is 12.1. The van der Waals surface area contributed by atoms with E-state index in [0.717, 1.165) is 0 Å². The van der Waals surface area contributed by atoms with Crippen LogP contribution in [0.15, 0.2) is 24.3 Å². The standard InChI is InChI=1S/C12H11FO3/c1-2-16-12(15)11-6-5-10(13)8-9(11)4-3-7-14/h3-8H,2H2,1H3. The van der Waals surface area contributed by atoms with E-state index in [1.54, 1.807) is 6.92 Å². The number of allylic oxidation sites excluding steroid dienone is 1. The molecule has 4 heteroatoms. The molecule has 0 N–H and O–H groups in total. The van der Waals surface area contributed by atoms with Crippen molar-refractivity contribution in [2.45, 2.75) is 6.92 Å². The molecular weight excluding hydrogens is 211 g/mol. The zero-order valence-electron chi connectivity index (χ0n) is 8.77. The molecular formula is C12H11FO3. The molecule has 0 fully saturated rings. The van der Waals surface area contributed by atoms with Gasteiger partial charge in [0.05, 0.1) is 12.2 Å². The quantitative estimate of drug-likeness (QED) is 0.445.